The number of carbonyl (C=O) groups is 1. The highest BCUT2D eigenvalue weighted by Crippen LogP contribution is 2.38. The molecule has 0 saturated heterocycles. The Hall–Kier alpha value is -1.31. The van der Waals surface area contributed by atoms with Crippen LogP contribution in [-0.2, 0) is 4.79 Å². The van der Waals surface area contributed by atoms with Crippen LogP contribution in [-0.4, -0.2) is 11.1 Å². The Kier molecular flexibility index (Phi) is 5.59. The summed E-state index contributed by atoms with van der Waals surface area (Å²) >= 11 is 0. The molecule has 0 saturated carbocycles. The summed E-state index contributed by atoms with van der Waals surface area (Å²) in [6.45, 7) is 10.1. The molecule has 1 rings (SSSR count). The van der Waals surface area contributed by atoms with E-state index < -0.39 is 5.97 Å². The Balaban J connectivity index is 3.07. The maximum absolute atomic E-state index is 11.6. The Morgan fingerprint density at radius 3 is 2.58 bits per heavy atom. The summed E-state index contributed by atoms with van der Waals surface area (Å²) in [7, 11) is 0. The van der Waals surface area contributed by atoms with Gasteiger partial charge in [0, 0.05) is 5.41 Å². The second kappa shape index (κ2) is 6.74. The molecule has 0 aliphatic heterocycles. The van der Waals surface area contributed by atoms with Crippen LogP contribution in [0, 0.1) is 11.3 Å². The zero-order valence-corrected chi connectivity index (χ0v) is 12.4. The van der Waals surface area contributed by atoms with Gasteiger partial charge in [0.1, 0.15) is 0 Å². The average molecular weight is 262 g/mol. The third-order valence-electron chi connectivity index (χ3n) is 4.31. The molecule has 106 valence electrons. The van der Waals surface area contributed by atoms with E-state index in [1.54, 1.807) is 0 Å². The van der Waals surface area contributed by atoms with Crippen LogP contribution < -0.4 is 0 Å². The molecule has 1 aliphatic rings. The minimum absolute atomic E-state index is 0.363. The molecule has 0 unspecified atom stereocenters. The lowest BCUT2D eigenvalue weighted by molar-refractivity contribution is -0.145. The minimum atomic E-state index is -0.708. The Morgan fingerprint density at radius 2 is 2.00 bits per heavy atom. The van der Waals surface area contributed by atoms with Crippen LogP contribution in [0.2, 0.25) is 0 Å². The van der Waals surface area contributed by atoms with E-state index in [0.29, 0.717) is 6.42 Å². The van der Waals surface area contributed by atoms with Crippen LogP contribution in [0.25, 0.3) is 0 Å². The molecule has 0 spiro atoms. The fourth-order valence-corrected chi connectivity index (χ4v) is 2.62. The first-order valence-electron chi connectivity index (χ1n) is 7.06. The molecule has 0 aromatic rings. The highest BCUT2D eigenvalue weighted by Gasteiger charge is 2.35. The van der Waals surface area contributed by atoms with Gasteiger partial charge in [-0.2, -0.15) is 0 Å². The van der Waals surface area contributed by atoms with Crippen molar-refractivity contribution >= 4 is 5.97 Å². The third-order valence-corrected chi connectivity index (χ3v) is 4.31. The number of carboxylic acids is 1. The average Bonchev–Trinajstić information content (AvgIpc) is 2.37. The van der Waals surface area contributed by atoms with Gasteiger partial charge in [0.05, 0.1) is 5.92 Å². The van der Waals surface area contributed by atoms with Crippen LogP contribution in [0.5, 0.6) is 0 Å². The van der Waals surface area contributed by atoms with E-state index in [1.165, 1.54) is 11.1 Å². The van der Waals surface area contributed by atoms with E-state index in [9.17, 15) is 9.90 Å². The molecule has 1 N–H and O–H groups in total. The van der Waals surface area contributed by atoms with Gasteiger partial charge in [-0.1, -0.05) is 36.3 Å². The van der Waals surface area contributed by atoms with Gasteiger partial charge < -0.3 is 5.11 Å². The van der Waals surface area contributed by atoms with Crippen LogP contribution in [0.15, 0.2) is 36.0 Å². The standard InChI is InChI=1S/C17H26O2/c1-5-17(4)12-11-14(3)8-6-7-13(2)9-10-15(17)16(18)19/h5,7,11,15H,1,6,8-10,12H2,2-4H3,(H,18,19)/b13-7+,14-11+/t15-,17+/m1/s1. The maximum Gasteiger partial charge on any atom is 0.307 e. The van der Waals surface area contributed by atoms with E-state index in [0.717, 1.165) is 25.7 Å². The number of carboxylic acid groups (broad SMARTS) is 1. The first kappa shape index (κ1) is 15.7. The van der Waals surface area contributed by atoms with Crippen molar-refractivity contribution < 1.29 is 9.90 Å². The molecular formula is C17H26O2. The van der Waals surface area contributed by atoms with Crippen LogP contribution >= 0.6 is 0 Å². The maximum atomic E-state index is 11.6. The van der Waals surface area contributed by atoms with Gasteiger partial charge in [-0.05, 0) is 46.0 Å². The molecule has 1 aliphatic carbocycles. The van der Waals surface area contributed by atoms with E-state index in [1.807, 2.05) is 13.0 Å². The smallest absolute Gasteiger partial charge is 0.307 e. The number of aliphatic carboxylic acids is 1. The summed E-state index contributed by atoms with van der Waals surface area (Å²) in [5, 5.41) is 9.52. The van der Waals surface area contributed by atoms with Gasteiger partial charge in [0.25, 0.3) is 0 Å². The lowest BCUT2D eigenvalue weighted by Crippen LogP contribution is -2.31. The fourth-order valence-electron chi connectivity index (χ4n) is 2.62. The molecule has 0 aromatic carbocycles. The fraction of sp³-hybridized carbons (Fsp3) is 0.588. The molecular weight excluding hydrogens is 236 g/mol. The molecule has 0 fully saturated rings. The number of hydrogen-bond acceptors (Lipinski definition) is 1. The highest BCUT2D eigenvalue weighted by molar-refractivity contribution is 5.71. The van der Waals surface area contributed by atoms with Crippen molar-refractivity contribution in [1.82, 2.24) is 0 Å². The van der Waals surface area contributed by atoms with Gasteiger partial charge in [-0.25, -0.2) is 0 Å². The van der Waals surface area contributed by atoms with Crippen molar-refractivity contribution in [3.8, 4) is 0 Å². The zero-order chi connectivity index (χ0) is 14.5. The van der Waals surface area contributed by atoms with Gasteiger partial charge in [0.2, 0.25) is 0 Å². The van der Waals surface area contributed by atoms with Crippen molar-refractivity contribution in [2.45, 2.75) is 52.9 Å². The predicted molar refractivity (Wildman–Crippen MR) is 80.0 cm³/mol. The van der Waals surface area contributed by atoms with Crippen molar-refractivity contribution in [1.29, 1.82) is 0 Å². The van der Waals surface area contributed by atoms with Gasteiger partial charge in [-0.3, -0.25) is 4.79 Å². The van der Waals surface area contributed by atoms with Crippen molar-refractivity contribution in [2.75, 3.05) is 0 Å². The van der Waals surface area contributed by atoms with Crippen molar-refractivity contribution in [2.24, 2.45) is 11.3 Å². The molecule has 0 amide bonds. The van der Waals surface area contributed by atoms with Gasteiger partial charge in [-0.15, -0.1) is 6.58 Å². The van der Waals surface area contributed by atoms with Gasteiger partial charge >= 0.3 is 5.97 Å². The molecule has 0 bridgehead atoms. The van der Waals surface area contributed by atoms with E-state index in [2.05, 4.69) is 32.6 Å². The highest BCUT2D eigenvalue weighted by atomic mass is 16.4. The third kappa shape index (κ3) is 4.38. The molecule has 2 nitrogen and oxygen atoms in total. The number of rotatable bonds is 2. The summed E-state index contributed by atoms with van der Waals surface area (Å²) in [5.41, 5.74) is 2.27. The van der Waals surface area contributed by atoms with Crippen molar-refractivity contribution in [3.63, 3.8) is 0 Å². The summed E-state index contributed by atoms with van der Waals surface area (Å²) < 4.78 is 0. The van der Waals surface area contributed by atoms with Crippen LogP contribution in [0.1, 0.15) is 52.9 Å². The summed E-state index contributed by atoms with van der Waals surface area (Å²) in [4.78, 5) is 11.6. The van der Waals surface area contributed by atoms with E-state index in [-0.39, 0.29) is 11.3 Å². The minimum Gasteiger partial charge on any atom is -0.481 e. The largest absolute Gasteiger partial charge is 0.481 e. The summed E-state index contributed by atoms with van der Waals surface area (Å²) in [6.07, 6.45) is 10.7. The molecule has 19 heavy (non-hydrogen) atoms. The SMILES string of the molecule is C=C[C@@]1(C)C/C=C(\C)CC/C=C(\C)CC[C@@H]1C(=O)O. The Morgan fingerprint density at radius 1 is 1.37 bits per heavy atom. The molecule has 0 radical (unpaired) electrons. The summed E-state index contributed by atoms with van der Waals surface area (Å²) in [5.74, 6) is -1.07. The molecule has 2 heteroatoms. The topological polar surface area (TPSA) is 37.3 Å². The summed E-state index contributed by atoms with van der Waals surface area (Å²) in [6, 6.07) is 0. The second-order valence-corrected chi connectivity index (χ2v) is 5.98. The van der Waals surface area contributed by atoms with Crippen LogP contribution in [0.4, 0.5) is 0 Å². The first-order chi connectivity index (χ1) is 8.89. The number of allylic oxidation sites excluding steroid dienone is 5. The first-order valence-corrected chi connectivity index (χ1v) is 7.06. The molecule has 0 heterocycles. The second-order valence-electron chi connectivity index (χ2n) is 5.98. The van der Waals surface area contributed by atoms with E-state index in [4.69, 9.17) is 0 Å². The molecule has 2 atom stereocenters. The van der Waals surface area contributed by atoms with Gasteiger partial charge in [0.15, 0.2) is 0 Å². The van der Waals surface area contributed by atoms with Crippen molar-refractivity contribution in [3.05, 3.63) is 36.0 Å². The lowest BCUT2D eigenvalue weighted by atomic mass is 9.72. The number of hydrogen-bond donors (Lipinski definition) is 1. The van der Waals surface area contributed by atoms with Crippen LogP contribution in [0.3, 0.4) is 0 Å². The monoisotopic (exact) mass is 262 g/mol. The molecule has 0 aromatic heterocycles. The lowest BCUT2D eigenvalue weighted by Gasteiger charge is -2.31. The zero-order valence-electron chi connectivity index (χ0n) is 12.4. The predicted octanol–water partition coefficient (Wildman–Crippen LogP) is 4.74. The Bertz CT molecular complexity index is 403. The Labute approximate surface area is 116 Å². The normalized spacial score (nSPS) is 35.2. The van der Waals surface area contributed by atoms with E-state index >= 15 is 0 Å². The quantitative estimate of drug-likeness (QED) is 0.730.